The van der Waals surface area contributed by atoms with Gasteiger partial charge >= 0.3 is 5.97 Å². The molecule has 0 aliphatic rings. The lowest BCUT2D eigenvalue weighted by atomic mass is 10.1. The van der Waals surface area contributed by atoms with Gasteiger partial charge in [-0.1, -0.05) is 29.8 Å². The lowest BCUT2D eigenvalue weighted by Crippen LogP contribution is -2.21. The Labute approximate surface area is 165 Å². The molecule has 0 spiro atoms. The minimum absolute atomic E-state index is 0.0277. The van der Waals surface area contributed by atoms with Crippen molar-refractivity contribution in [1.29, 1.82) is 0 Å². The van der Waals surface area contributed by atoms with Crippen molar-refractivity contribution in [2.45, 2.75) is 13.5 Å². The molecule has 0 aliphatic carbocycles. The van der Waals surface area contributed by atoms with Gasteiger partial charge in [0.25, 0.3) is 5.91 Å². The van der Waals surface area contributed by atoms with E-state index in [1.807, 2.05) is 13.0 Å². The number of ether oxygens (including phenoxy) is 2. The van der Waals surface area contributed by atoms with Crippen molar-refractivity contribution in [3.8, 4) is 0 Å². The molecule has 8 heteroatoms. The zero-order chi connectivity index (χ0) is 20.1. The highest BCUT2D eigenvalue weighted by atomic mass is 35.5. The number of esters is 1. The largest absolute Gasteiger partial charge is 0.450 e. The average molecular weight is 406 g/mol. The molecule has 6 nitrogen and oxygen atoms in total. The molecule has 0 atom stereocenters. The summed E-state index contributed by atoms with van der Waals surface area (Å²) in [6.45, 7) is 1.86. The molecule has 0 aliphatic heterocycles. The van der Waals surface area contributed by atoms with Crippen molar-refractivity contribution in [2.75, 3.05) is 18.5 Å². The maximum atomic E-state index is 13.7. The molecule has 0 bridgehead atoms. The molecule has 0 radical (unpaired) electrons. The average Bonchev–Trinajstić information content (AvgIpc) is 3.05. The summed E-state index contributed by atoms with van der Waals surface area (Å²) in [7, 11) is 0. The first kappa shape index (κ1) is 19.9. The van der Waals surface area contributed by atoms with Crippen molar-refractivity contribution in [3.05, 3.63) is 64.6 Å². The van der Waals surface area contributed by atoms with E-state index < -0.39 is 24.3 Å². The Kier molecular flexibility index (Phi) is 6.28. The molecule has 3 aromatic rings. The maximum Gasteiger partial charge on any atom is 0.375 e. The van der Waals surface area contributed by atoms with Crippen LogP contribution in [0, 0.1) is 5.82 Å². The van der Waals surface area contributed by atoms with Gasteiger partial charge in [-0.2, -0.15) is 0 Å². The quantitative estimate of drug-likeness (QED) is 0.583. The number of benzene rings is 2. The molecule has 0 fully saturated rings. The Balaban J connectivity index is 1.69. The van der Waals surface area contributed by atoms with Gasteiger partial charge in [0, 0.05) is 22.6 Å². The van der Waals surface area contributed by atoms with E-state index in [-0.39, 0.29) is 23.1 Å². The van der Waals surface area contributed by atoms with Crippen LogP contribution in [0.25, 0.3) is 11.0 Å². The van der Waals surface area contributed by atoms with Gasteiger partial charge in [-0.25, -0.2) is 9.18 Å². The number of halogens is 2. The van der Waals surface area contributed by atoms with Crippen molar-refractivity contribution in [1.82, 2.24) is 0 Å². The third kappa shape index (κ3) is 4.49. The Bertz CT molecular complexity index is 1020. The van der Waals surface area contributed by atoms with Crippen molar-refractivity contribution < 1.29 is 27.9 Å². The SMILES string of the molecule is CCOCc1c(C(=O)OCC(=O)Nc2ccc(Cl)cc2F)oc2ccccc12. The lowest BCUT2D eigenvalue weighted by molar-refractivity contribution is -0.119. The summed E-state index contributed by atoms with van der Waals surface area (Å²) in [5.41, 5.74) is 0.995. The van der Waals surface area contributed by atoms with Crippen LogP contribution in [0.3, 0.4) is 0 Å². The van der Waals surface area contributed by atoms with E-state index in [0.717, 1.165) is 11.5 Å². The summed E-state index contributed by atoms with van der Waals surface area (Å²) in [6, 6.07) is 10.9. The van der Waals surface area contributed by atoms with Gasteiger partial charge < -0.3 is 19.2 Å². The Hall–Kier alpha value is -2.90. The van der Waals surface area contributed by atoms with Gasteiger partial charge in [0.05, 0.1) is 12.3 Å². The van der Waals surface area contributed by atoms with E-state index in [2.05, 4.69) is 5.32 Å². The number of hydrogen-bond acceptors (Lipinski definition) is 5. The number of hydrogen-bond donors (Lipinski definition) is 1. The second-order valence-electron chi connectivity index (χ2n) is 5.79. The topological polar surface area (TPSA) is 77.8 Å². The van der Waals surface area contributed by atoms with Crippen molar-refractivity contribution in [2.24, 2.45) is 0 Å². The number of amides is 1. The van der Waals surface area contributed by atoms with Crippen LogP contribution in [-0.2, 0) is 20.9 Å². The van der Waals surface area contributed by atoms with Gasteiger partial charge in [-0.15, -0.1) is 0 Å². The highest BCUT2D eigenvalue weighted by Gasteiger charge is 2.22. The third-order valence-corrected chi connectivity index (χ3v) is 4.11. The normalized spacial score (nSPS) is 10.8. The predicted molar refractivity (Wildman–Crippen MR) is 102 cm³/mol. The minimum Gasteiger partial charge on any atom is -0.450 e. The number of carbonyl (C=O) groups excluding carboxylic acids is 2. The second-order valence-corrected chi connectivity index (χ2v) is 6.23. The maximum absolute atomic E-state index is 13.7. The molecule has 2 aromatic carbocycles. The fraction of sp³-hybridized carbons (Fsp3) is 0.200. The molecule has 0 unspecified atom stereocenters. The van der Waals surface area contributed by atoms with Gasteiger partial charge in [-0.3, -0.25) is 4.79 Å². The number of anilines is 1. The zero-order valence-electron chi connectivity index (χ0n) is 15.0. The number of furan rings is 1. The Morgan fingerprint density at radius 3 is 2.75 bits per heavy atom. The van der Waals surface area contributed by atoms with Crippen molar-refractivity contribution in [3.63, 3.8) is 0 Å². The first-order valence-electron chi connectivity index (χ1n) is 8.49. The van der Waals surface area contributed by atoms with Gasteiger partial charge in [0.15, 0.2) is 6.61 Å². The third-order valence-electron chi connectivity index (χ3n) is 3.87. The highest BCUT2D eigenvalue weighted by Crippen LogP contribution is 2.27. The molecule has 1 amide bonds. The van der Waals surface area contributed by atoms with E-state index in [9.17, 15) is 14.0 Å². The summed E-state index contributed by atoms with van der Waals surface area (Å²) in [6.07, 6.45) is 0. The number of rotatable bonds is 7. The van der Waals surface area contributed by atoms with Crippen LogP contribution < -0.4 is 5.32 Å². The molecular formula is C20H17ClFNO5. The number of para-hydroxylation sites is 1. The van der Waals surface area contributed by atoms with Gasteiger partial charge in [-0.05, 0) is 31.2 Å². The summed E-state index contributed by atoms with van der Waals surface area (Å²) in [4.78, 5) is 24.4. The monoisotopic (exact) mass is 405 g/mol. The molecular weight excluding hydrogens is 389 g/mol. The van der Waals surface area contributed by atoms with Crippen LogP contribution in [0.1, 0.15) is 23.0 Å². The number of fused-ring (bicyclic) bond motifs is 1. The summed E-state index contributed by atoms with van der Waals surface area (Å²) in [5, 5.41) is 3.25. The van der Waals surface area contributed by atoms with E-state index >= 15 is 0 Å². The van der Waals surface area contributed by atoms with Crippen LogP contribution in [-0.4, -0.2) is 25.1 Å². The molecule has 1 heterocycles. The molecule has 1 aromatic heterocycles. The van der Waals surface area contributed by atoms with Crippen LogP contribution in [0.2, 0.25) is 5.02 Å². The van der Waals surface area contributed by atoms with Gasteiger partial charge in [0.1, 0.15) is 11.4 Å². The molecule has 28 heavy (non-hydrogen) atoms. The summed E-state index contributed by atoms with van der Waals surface area (Å²) < 4.78 is 29.7. The summed E-state index contributed by atoms with van der Waals surface area (Å²) in [5.74, 6) is -2.22. The second kappa shape index (κ2) is 8.86. The van der Waals surface area contributed by atoms with Crippen LogP contribution in [0.4, 0.5) is 10.1 Å². The standard InChI is InChI=1S/C20H17ClFNO5/c1-2-26-10-14-13-5-3-4-6-17(13)28-19(14)20(25)27-11-18(24)23-16-8-7-12(21)9-15(16)22/h3-9H,2,10-11H2,1H3,(H,23,24). The minimum atomic E-state index is -0.808. The fourth-order valence-electron chi connectivity index (χ4n) is 2.58. The molecule has 146 valence electrons. The van der Waals surface area contributed by atoms with E-state index in [1.54, 1.807) is 18.2 Å². The van der Waals surface area contributed by atoms with Crippen LogP contribution >= 0.6 is 11.6 Å². The zero-order valence-corrected chi connectivity index (χ0v) is 15.7. The molecule has 3 rings (SSSR count). The van der Waals surface area contributed by atoms with E-state index in [0.29, 0.717) is 17.8 Å². The Morgan fingerprint density at radius 1 is 1.21 bits per heavy atom. The first-order chi connectivity index (χ1) is 13.5. The predicted octanol–water partition coefficient (Wildman–Crippen LogP) is 4.56. The van der Waals surface area contributed by atoms with E-state index in [1.165, 1.54) is 12.1 Å². The highest BCUT2D eigenvalue weighted by molar-refractivity contribution is 6.30. The van der Waals surface area contributed by atoms with E-state index in [4.69, 9.17) is 25.5 Å². The van der Waals surface area contributed by atoms with Crippen molar-refractivity contribution >= 4 is 40.1 Å². The first-order valence-corrected chi connectivity index (χ1v) is 8.87. The van der Waals surface area contributed by atoms with Crippen LogP contribution in [0.15, 0.2) is 46.9 Å². The van der Waals surface area contributed by atoms with Gasteiger partial charge in [0.2, 0.25) is 5.76 Å². The lowest BCUT2D eigenvalue weighted by Gasteiger charge is -2.08. The molecule has 0 saturated carbocycles. The summed E-state index contributed by atoms with van der Waals surface area (Å²) >= 11 is 5.67. The smallest absolute Gasteiger partial charge is 0.375 e. The fourth-order valence-corrected chi connectivity index (χ4v) is 2.74. The molecule has 1 N–H and O–H groups in total. The number of nitrogens with one attached hydrogen (secondary N) is 1. The molecule has 0 saturated heterocycles. The van der Waals surface area contributed by atoms with Crippen LogP contribution in [0.5, 0.6) is 0 Å². The Morgan fingerprint density at radius 2 is 2.00 bits per heavy atom. The number of carbonyl (C=O) groups is 2.